The molecule has 0 aliphatic carbocycles. The van der Waals surface area contributed by atoms with Crippen LogP contribution >= 0.6 is 0 Å². The molecule has 0 aliphatic rings. The van der Waals surface area contributed by atoms with E-state index in [1.165, 1.54) is 19.2 Å². The van der Waals surface area contributed by atoms with E-state index in [0.717, 1.165) is 11.1 Å². The summed E-state index contributed by atoms with van der Waals surface area (Å²) in [6.45, 7) is 5.26. The largest absolute Gasteiger partial charge is 0.465 e. The van der Waals surface area contributed by atoms with E-state index in [9.17, 15) is 18.0 Å². The summed E-state index contributed by atoms with van der Waals surface area (Å²) in [7, 11) is -2.64. The Kier molecular flexibility index (Phi) is 6.64. The summed E-state index contributed by atoms with van der Waals surface area (Å²) in [5.41, 5.74) is 3.40. The summed E-state index contributed by atoms with van der Waals surface area (Å²) in [4.78, 5) is 24.7. The Hall–Kier alpha value is -3.65. The first-order valence-electron chi connectivity index (χ1n) is 9.82. The van der Waals surface area contributed by atoms with E-state index in [4.69, 9.17) is 4.74 Å². The quantitative estimate of drug-likeness (QED) is 0.538. The smallest absolute Gasteiger partial charge is 0.337 e. The van der Waals surface area contributed by atoms with Crippen molar-refractivity contribution in [2.45, 2.75) is 25.7 Å². The first-order valence-corrected chi connectivity index (χ1v) is 11.3. The number of carbonyl (C=O) groups is 2. The molecule has 0 unspecified atom stereocenters. The maximum Gasteiger partial charge on any atom is 0.337 e. The van der Waals surface area contributed by atoms with Gasteiger partial charge in [0.15, 0.2) is 0 Å². The molecule has 3 rings (SSSR count). The number of methoxy groups -OCH3 is 1. The highest BCUT2D eigenvalue weighted by Crippen LogP contribution is 2.24. The van der Waals surface area contributed by atoms with Gasteiger partial charge in [-0.1, -0.05) is 30.3 Å². The Morgan fingerprint density at radius 3 is 2.09 bits per heavy atom. The monoisotopic (exact) mass is 452 g/mol. The molecule has 32 heavy (non-hydrogen) atoms. The van der Waals surface area contributed by atoms with Gasteiger partial charge in [-0.15, -0.1) is 0 Å². The molecule has 8 heteroatoms. The molecule has 7 nitrogen and oxygen atoms in total. The average Bonchev–Trinajstić information content (AvgIpc) is 2.76. The van der Waals surface area contributed by atoms with Gasteiger partial charge in [-0.2, -0.15) is 0 Å². The molecule has 0 saturated heterocycles. The highest BCUT2D eigenvalue weighted by molar-refractivity contribution is 7.92. The zero-order valence-corrected chi connectivity index (χ0v) is 19.0. The SMILES string of the molecule is COC(=O)c1ccc(C)c(NC(=O)c2ccc(C)c(S(=O)(=O)Nc3ccccc3C)c2)c1. The van der Waals surface area contributed by atoms with Crippen LogP contribution in [0, 0.1) is 20.8 Å². The molecule has 0 saturated carbocycles. The molecule has 0 aliphatic heterocycles. The van der Waals surface area contributed by atoms with Crippen LogP contribution in [0.4, 0.5) is 11.4 Å². The van der Waals surface area contributed by atoms with Crippen molar-refractivity contribution in [2.75, 3.05) is 17.1 Å². The molecule has 0 fully saturated rings. The van der Waals surface area contributed by atoms with Crippen LogP contribution in [0.25, 0.3) is 0 Å². The molecule has 166 valence electrons. The van der Waals surface area contributed by atoms with Crippen molar-refractivity contribution in [3.63, 3.8) is 0 Å². The third kappa shape index (κ3) is 4.97. The van der Waals surface area contributed by atoms with Crippen LogP contribution in [-0.2, 0) is 14.8 Å². The maximum atomic E-state index is 13.0. The maximum absolute atomic E-state index is 13.0. The molecule has 3 aromatic rings. The minimum Gasteiger partial charge on any atom is -0.465 e. The topological polar surface area (TPSA) is 102 Å². The molecule has 2 N–H and O–H groups in total. The normalized spacial score (nSPS) is 11.0. The predicted octanol–water partition coefficient (Wildman–Crippen LogP) is 4.45. The second kappa shape index (κ2) is 9.23. The molecular formula is C24H24N2O5S. The second-order valence-corrected chi connectivity index (χ2v) is 9.03. The van der Waals surface area contributed by atoms with E-state index < -0.39 is 21.9 Å². The van der Waals surface area contributed by atoms with Crippen LogP contribution in [0.5, 0.6) is 0 Å². The Bertz CT molecular complexity index is 1300. The number of hydrogen-bond acceptors (Lipinski definition) is 5. The van der Waals surface area contributed by atoms with Gasteiger partial charge >= 0.3 is 5.97 Å². The molecule has 0 atom stereocenters. The van der Waals surface area contributed by atoms with E-state index in [2.05, 4.69) is 10.0 Å². The Balaban J connectivity index is 1.91. The number of amides is 1. The molecule has 0 bridgehead atoms. The van der Waals surface area contributed by atoms with Crippen molar-refractivity contribution in [1.29, 1.82) is 0 Å². The zero-order valence-electron chi connectivity index (χ0n) is 18.2. The summed E-state index contributed by atoms with van der Waals surface area (Å²) in [6.07, 6.45) is 0. The molecule has 0 aromatic heterocycles. The molecule has 0 spiro atoms. The van der Waals surface area contributed by atoms with Crippen molar-refractivity contribution in [1.82, 2.24) is 0 Å². The fourth-order valence-electron chi connectivity index (χ4n) is 3.11. The molecule has 0 heterocycles. The van der Waals surface area contributed by atoms with Gasteiger partial charge in [0.05, 0.1) is 23.3 Å². The van der Waals surface area contributed by atoms with Gasteiger partial charge in [-0.3, -0.25) is 9.52 Å². The lowest BCUT2D eigenvalue weighted by Crippen LogP contribution is -2.18. The lowest BCUT2D eigenvalue weighted by atomic mass is 10.1. The second-order valence-electron chi connectivity index (χ2n) is 7.38. The fourth-order valence-corrected chi connectivity index (χ4v) is 4.52. The highest BCUT2D eigenvalue weighted by atomic mass is 32.2. The minimum atomic E-state index is -3.92. The number of hydrogen-bond donors (Lipinski definition) is 2. The molecule has 0 radical (unpaired) electrons. The van der Waals surface area contributed by atoms with Gasteiger partial charge in [0.1, 0.15) is 0 Å². The highest BCUT2D eigenvalue weighted by Gasteiger charge is 2.20. The van der Waals surface area contributed by atoms with Crippen LogP contribution in [0.2, 0.25) is 0 Å². The molecular weight excluding hydrogens is 428 g/mol. The predicted molar refractivity (Wildman–Crippen MR) is 124 cm³/mol. The van der Waals surface area contributed by atoms with E-state index >= 15 is 0 Å². The third-order valence-electron chi connectivity index (χ3n) is 5.04. The van der Waals surface area contributed by atoms with Crippen molar-refractivity contribution in [3.8, 4) is 0 Å². The Labute approximate surface area is 187 Å². The van der Waals surface area contributed by atoms with Crippen molar-refractivity contribution in [3.05, 3.63) is 88.5 Å². The summed E-state index contributed by atoms with van der Waals surface area (Å²) in [6, 6.07) is 16.3. The lowest BCUT2D eigenvalue weighted by Gasteiger charge is -2.14. The Morgan fingerprint density at radius 2 is 1.41 bits per heavy atom. The summed E-state index contributed by atoms with van der Waals surface area (Å²) >= 11 is 0. The summed E-state index contributed by atoms with van der Waals surface area (Å²) in [5.74, 6) is -1.02. The number of para-hydroxylation sites is 1. The van der Waals surface area contributed by atoms with Crippen molar-refractivity contribution < 1.29 is 22.7 Å². The number of ether oxygens (including phenoxy) is 1. The standard InChI is InChI=1S/C24H24N2O5S/c1-15-7-5-6-8-20(15)26-32(29,30)22-14-18(11-10-17(22)3)23(27)25-21-13-19(24(28)31-4)12-9-16(21)2/h5-14,26H,1-4H3,(H,25,27). The number of carbonyl (C=O) groups excluding carboxylic acids is 2. The summed E-state index contributed by atoms with van der Waals surface area (Å²) < 4.78 is 33.3. The molecule has 1 amide bonds. The summed E-state index contributed by atoms with van der Waals surface area (Å²) in [5, 5.41) is 2.74. The van der Waals surface area contributed by atoms with Crippen LogP contribution in [0.15, 0.2) is 65.6 Å². The number of esters is 1. The third-order valence-corrected chi connectivity index (χ3v) is 6.54. The minimum absolute atomic E-state index is 0.00781. The van der Waals surface area contributed by atoms with Crippen LogP contribution in [-0.4, -0.2) is 27.4 Å². The number of sulfonamides is 1. The Morgan fingerprint density at radius 1 is 0.781 bits per heavy atom. The lowest BCUT2D eigenvalue weighted by molar-refractivity contribution is 0.0600. The van der Waals surface area contributed by atoms with Gasteiger partial charge in [0.2, 0.25) is 0 Å². The van der Waals surface area contributed by atoms with E-state index in [-0.39, 0.29) is 10.5 Å². The van der Waals surface area contributed by atoms with Gasteiger partial charge in [-0.25, -0.2) is 13.2 Å². The first kappa shape index (κ1) is 23.0. The van der Waals surface area contributed by atoms with E-state index in [1.807, 2.05) is 6.07 Å². The number of aryl methyl sites for hydroxylation is 3. The van der Waals surface area contributed by atoms with Gasteiger partial charge < -0.3 is 10.1 Å². The van der Waals surface area contributed by atoms with Gasteiger partial charge in [0, 0.05) is 11.3 Å². The van der Waals surface area contributed by atoms with Crippen molar-refractivity contribution in [2.24, 2.45) is 0 Å². The van der Waals surface area contributed by atoms with Crippen molar-refractivity contribution >= 4 is 33.3 Å². The molecule has 3 aromatic carbocycles. The zero-order chi connectivity index (χ0) is 23.5. The number of benzene rings is 3. The van der Waals surface area contributed by atoms with Crippen LogP contribution in [0.3, 0.4) is 0 Å². The van der Waals surface area contributed by atoms with E-state index in [1.54, 1.807) is 63.2 Å². The van der Waals surface area contributed by atoms with Crippen LogP contribution in [0.1, 0.15) is 37.4 Å². The number of anilines is 2. The number of nitrogens with one attached hydrogen (secondary N) is 2. The van der Waals surface area contributed by atoms with Gasteiger partial charge in [0.25, 0.3) is 15.9 Å². The average molecular weight is 453 g/mol. The van der Waals surface area contributed by atoms with E-state index in [0.29, 0.717) is 22.5 Å². The van der Waals surface area contributed by atoms with Crippen LogP contribution < -0.4 is 10.0 Å². The first-order chi connectivity index (χ1) is 15.1. The van der Waals surface area contributed by atoms with Gasteiger partial charge in [-0.05, 0) is 67.8 Å². The fraction of sp³-hybridized carbons (Fsp3) is 0.167. The number of rotatable bonds is 6.